The van der Waals surface area contributed by atoms with E-state index in [0.717, 1.165) is 6.54 Å². The molecule has 0 aromatic carbocycles. The highest BCUT2D eigenvalue weighted by Crippen LogP contribution is 2.31. The fourth-order valence-electron chi connectivity index (χ4n) is 3.13. The van der Waals surface area contributed by atoms with Crippen LogP contribution in [-0.4, -0.2) is 58.5 Å². The average Bonchev–Trinajstić information content (AvgIpc) is 3.49. The Morgan fingerprint density at radius 2 is 2.18 bits per heavy atom. The fraction of sp³-hybridized carbons (Fsp3) is 0.421. The van der Waals surface area contributed by atoms with Crippen molar-refractivity contribution in [3.05, 3.63) is 41.9 Å². The topological polar surface area (TPSA) is 101 Å². The maximum absolute atomic E-state index is 12.6. The Hall–Kier alpha value is -3.23. The average molecular weight is 382 g/mol. The molecule has 9 nitrogen and oxygen atoms in total. The largest absolute Gasteiger partial charge is 0.481 e. The van der Waals surface area contributed by atoms with Crippen molar-refractivity contribution in [3.8, 4) is 5.88 Å². The van der Waals surface area contributed by atoms with Gasteiger partial charge in [-0.05, 0) is 30.9 Å². The summed E-state index contributed by atoms with van der Waals surface area (Å²) in [6, 6.07) is 3.32. The number of rotatable bonds is 7. The minimum absolute atomic E-state index is 0.0633. The molecule has 1 saturated carbocycles. The summed E-state index contributed by atoms with van der Waals surface area (Å²) in [5, 5.41) is 2.80. The number of nitrogens with one attached hydrogen (secondary N) is 1. The predicted octanol–water partition coefficient (Wildman–Crippen LogP) is 1.46. The number of pyridine rings is 1. The van der Waals surface area contributed by atoms with Gasteiger partial charge in [0.2, 0.25) is 11.8 Å². The molecule has 3 heterocycles. The molecule has 3 amide bonds. The number of carbonyl (C=O) groups is 2. The number of hydrogen-bond donors (Lipinski definition) is 1. The van der Waals surface area contributed by atoms with Gasteiger partial charge in [-0.25, -0.2) is 9.78 Å². The van der Waals surface area contributed by atoms with Crippen LogP contribution in [0.3, 0.4) is 0 Å². The smallest absolute Gasteiger partial charge is 0.327 e. The molecular formula is C19H22N6O3. The number of nitrogens with zero attached hydrogens (tertiary/aromatic N) is 5. The predicted molar refractivity (Wildman–Crippen MR) is 101 cm³/mol. The highest BCUT2D eigenvalue weighted by Gasteiger charge is 2.35. The molecule has 1 saturated heterocycles. The van der Waals surface area contributed by atoms with Gasteiger partial charge in [-0.2, -0.15) is 4.98 Å². The Labute approximate surface area is 162 Å². The molecule has 0 atom stereocenters. The van der Waals surface area contributed by atoms with Gasteiger partial charge < -0.3 is 15.0 Å². The van der Waals surface area contributed by atoms with Gasteiger partial charge in [0.1, 0.15) is 0 Å². The first-order chi connectivity index (χ1) is 13.7. The summed E-state index contributed by atoms with van der Waals surface area (Å²) < 4.78 is 5.35. The third-order valence-electron chi connectivity index (χ3n) is 4.88. The molecule has 9 heteroatoms. The fourth-order valence-corrected chi connectivity index (χ4v) is 3.13. The lowest BCUT2D eigenvalue weighted by Gasteiger charge is -2.18. The van der Waals surface area contributed by atoms with Gasteiger partial charge in [-0.3, -0.25) is 14.7 Å². The molecule has 4 rings (SSSR count). The molecule has 2 aromatic heterocycles. The zero-order chi connectivity index (χ0) is 19.5. The van der Waals surface area contributed by atoms with Crippen LogP contribution in [0.4, 0.5) is 10.7 Å². The monoisotopic (exact) mass is 382 g/mol. The van der Waals surface area contributed by atoms with Crippen LogP contribution in [0.2, 0.25) is 0 Å². The van der Waals surface area contributed by atoms with E-state index in [9.17, 15) is 9.59 Å². The van der Waals surface area contributed by atoms with Crippen molar-refractivity contribution in [1.82, 2.24) is 25.2 Å². The summed E-state index contributed by atoms with van der Waals surface area (Å²) in [4.78, 5) is 40.8. The molecule has 2 aliphatic rings. The van der Waals surface area contributed by atoms with Crippen LogP contribution in [0, 0.1) is 5.92 Å². The van der Waals surface area contributed by atoms with Crippen LogP contribution < -0.4 is 15.0 Å². The van der Waals surface area contributed by atoms with Crippen molar-refractivity contribution in [3.63, 3.8) is 0 Å². The summed E-state index contributed by atoms with van der Waals surface area (Å²) >= 11 is 0. The van der Waals surface area contributed by atoms with Crippen LogP contribution in [0.5, 0.6) is 5.88 Å². The van der Waals surface area contributed by atoms with E-state index in [2.05, 4.69) is 20.3 Å². The van der Waals surface area contributed by atoms with Gasteiger partial charge in [0.25, 0.3) is 5.91 Å². The number of carbonyl (C=O) groups excluding carboxylic acids is 2. The number of hydrogen-bond acceptors (Lipinski definition) is 6. The molecule has 28 heavy (non-hydrogen) atoms. The molecular weight excluding hydrogens is 360 g/mol. The molecule has 0 bridgehead atoms. The Morgan fingerprint density at radius 3 is 2.89 bits per heavy atom. The molecule has 0 unspecified atom stereocenters. The quantitative estimate of drug-likeness (QED) is 0.778. The van der Waals surface area contributed by atoms with E-state index >= 15 is 0 Å². The van der Waals surface area contributed by atoms with E-state index < -0.39 is 0 Å². The highest BCUT2D eigenvalue weighted by atomic mass is 16.5. The van der Waals surface area contributed by atoms with E-state index in [1.165, 1.54) is 26.1 Å². The number of methoxy groups -OCH3 is 1. The lowest BCUT2D eigenvalue weighted by Crippen LogP contribution is -2.34. The molecule has 2 fully saturated rings. The first kappa shape index (κ1) is 18.1. The molecule has 2 aromatic rings. The normalized spacial score (nSPS) is 16.4. The third-order valence-corrected chi connectivity index (χ3v) is 4.88. The summed E-state index contributed by atoms with van der Waals surface area (Å²) in [5.74, 6) is 1.06. The van der Waals surface area contributed by atoms with Gasteiger partial charge >= 0.3 is 6.03 Å². The SMILES string of the molecule is COc1nc(N2CCN(CC3CC3)C2=O)ncc1CNC(=O)c1cccnc1. The molecule has 0 radical (unpaired) electrons. The zero-order valence-electron chi connectivity index (χ0n) is 15.7. The lowest BCUT2D eigenvalue weighted by molar-refractivity contribution is 0.0950. The molecule has 0 spiro atoms. The van der Waals surface area contributed by atoms with Gasteiger partial charge in [-0.15, -0.1) is 0 Å². The standard InChI is InChI=1S/C19H22N6O3/c1-28-17-15(10-21-16(26)14-3-2-6-20-9-14)11-22-18(23-17)25-8-7-24(19(25)27)12-13-4-5-13/h2-3,6,9,11,13H,4-5,7-8,10,12H2,1H3,(H,21,26). The van der Waals surface area contributed by atoms with Gasteiger partial charge in [0, 0.05) is 44.8 Å². The zero-order valence-corrected chi connectivity index (χ0v) is 15.7. The van der Waals surface area contributed by atoms with E-state index in [1.807, 2.05) is 4.90 Å². The van der Waals surface area contributed by atoms with Crippen molar-refractivity contribution < 1.29 is 14.3 Å². The second kappa shape index (κ2) is 7.79. The maximum Gasteiger partial charge on any atom is 0.327 e. The van der Waals surface area contributed by atoms with Crippen LogP contribution in [0.25, 0.3) is 0 Å². The van der Waals surface area contributed by atoms with E-state index in [1.54, 1.807) is 29.4 Å². The summed E-state index contributed by atoms with van der Waals surface area (Å²) in [6.45, 7) is 2.26. The van der Waals surface area contributed by atoms with Gasteiger partial charge in [0.05, 0.1) is 18.2 Å². The van der Waals surface area contributed by atoms with Crippen LogP contribution in [0.15, 0.2) is 30.7 Å². The molecule has 1 aliphatic carbocycles. The minimum atomic E-state index is -0.246. The number of anilines is 1. The van der Waals surface area contributed by atoms with Crippen LogP contribution in [0.1, 0.15) is 28.8 Å². The Balaban J connectivity index is 1.43. The van der Waals surface area contributed by atoms with E-state index in [-0.39, 0.29) is 18.5 Å². The van der Waals surface area contributed by atoms with Gasteiger partial charge in [-0.1, -0.05) is 0 Å². The molecule has 146 valence electrons. The van der Waals surface area contributed by atoms with Crippen molar-refractivity contribution in [2.45, 2.75) is 19.4 Å². The maximum atomic E-state index is 12.6. The van der Waals surface area contributed by atoms with Crippen molar-refractivity contribution in [2.24, 2.45) is 5.92 Å². The van der Waals surface area contributed by atoms with Crippen molar-refractivity contribution in [1.29, 1.82) is 0 Å². The first-order valence-corrected chi connectivity index (χ1v) is 9.30. The van der Waals surface area contributed by atoms with Crippen LogP contribution >= 0.6 is 0 Å². The molecule has 1 N–H and O–H groups in total. The Bertz CT molecular complexity index is 871. The van der Waals surface area contributed by atoms with Gasteiger partial charge in [0.15, 0.2) is 0 Å². The number of aromatic nitrogens is 3. The van der Waals surface area contributed by atoms with Crippen molar-refractivity contribution in [2.75, 3.05) is 31.6 Å². The van der Waals surface area contributed by atoms with E-state index in [0.29, 0.717) is 42.0 Å². The minimum Gasteiger partial charge on any atom is -0.481 e. The first-order valence-electron chi connectivity index (χ1n) is 9.30. The van der Waals surface area contributed by atoms with Crippen LogP contribution in [-0.2, 0) is 6.54 Å². The number of urea groups is 1. The lowest BCUT2D eigenvalue weighted by atomic mass is 10.2. The summed E-state index contributed by atoms with van der Waals surface area (Å²) in [6.07, 6.45) is 7.10. The highest BCUT2D eigenvalue weighted by molar-refractivity contribution is 5.94. The van der Waals surface area contributed by atoms with E-state index in [4.69, 9.17) is 4.74 Å². The van der Waals surface area contributed by atoms with Crippen molar-refractivity contribution >= 4 is 17.9 Å². The third kappa shape index (κ3) is 3.88. The molecule has 1 aliphatic heterocycles. The second-order valence-electron chi connectivity index (χ2n) is 6.95. The number of amides is 3. The second-order valence-corrected chi connectivity index (χ2v) is 6.95. The Morgan fingerprint density at radius 1 is 1.32 bits per heavy atom. The summed E-state index contributed by atoms with van der Waals surface area (Å²) in [7, 11) is 1.50. The number of ether oxygens (including phenoxy) is 1. The summed E-state index contributed by atoms with van der Waals surface area (Å²) in [5.41, 5.74) is 1.10. The Kier molecular flexibility index (Phi) is 5.05.